The van der Waals surface area contributed by atoms with Gasteiger partial charge in [-0.3, -0.25) is 9.59 Å². The number of fused-ring (bicyclic) bond motifs is 3. The van der Waals surface area contributed by atoms with Crippen LogP contribution in [0.25, 0.3) is 11.1 Å². The number of benzene rings is 5. The molecule has 10 heteroatoms. The summed E-state index contributed by atoms with van der Waals surface area (Å²) < 4.78 is 29.3. The minimum absolute atomic E-state index is 0.0438. The molecule has 6 rings (SSSR count). The highest BCUT2D eigenvalue weighted by molar-refractivity contribution is 5.79. The van der Waals surface area contributed by atoms with Gasteiger partial charge in [0.1, 0.15) is 23.7 Å². The number of methoxy groups -OCH3 is 2. The van der Waals surface area contributed by atoms with Crippen LogP contribution in [-0.2, 0) is 29.4 Å². The van der Waals surface area contributed by atoms with Gasteiger partial charge in [0, 0.05) is 5.92 Å². The van der Waals surface area contributed by atoms with Crippen LogP contribution in [0.15, 0.2) is 127 Å². The Balaban J connectivity index is 1.26. The molecule has 0 fully saturated rings. The summed E-state index contributed by atoms with van der Waals surface area (Å²) in [6.45, 7) is 0.229. The zero-order chi connectivity index (χ0) is 38.6. The van der Waals surface area contributed by atoms with Gasteiger partial charge in [-0.1, -0.05) is 103 Å². The van der Waals surface area contributed by atoms with Crippen molar-refractivity contribution < 1.29 is 43.2 Å². The second kappa shape index (κ2) is 18.3. The minimum atomic E-state index is -1.13. The van der Waals surface area contributed by atoms with E-state index in [1.54, 1.807) is 14.2 Å². The van der Waals surface area contributed by atoms with E-state index < -0.39 is 29.7 Å². The standard InChI is InChI=1S/C45H45NO9/c1-51-35-22-18-32(19-23-35)45(31-11-4-3-5-12-31,33-20-24-36(52-2)25-21-33)55-29-34(13-10-28-53-43(49)27-26-42(47)48)46-44(50)54-30-41-39-16-8-6-14-37(39)38-15-7-9-17-40(38)41/h3-9,11-12,14-25,34,41H,10,13,26-30H2,1-2H3,(H,46,50)(H,47,48). The molecule has 284 valence electrons. The highest BCUT2D eigenvalue weighted by atomic mass is 16.6. The molecule has 0 aliphatic heterocycles. The Kier molecular flexibility index (Phi) is 12.8. The van der Waals surface area contributed by atoms with Crippen LogP contribution in [0.4, 0.5) is 4.79 Å². The molecule has 0 heterocycles. The number of carbonyl (C=O) groups is 3. The van der Waals surface area contributed by atoms with E-state index in [-0.39, 0.29) is 38.6 Å². The van der Waals surface area contributed by atoms with Gasteiger partial charge in [-0.05, 0) is 76.1 Å². The van der Waals surface area contributed by atoms with E-state index in [1.165, 1.54) is 0 Å². The lowest BCUT2D eigenvalue weighted by Crippen LogP contribution is -2.43. The van der Waals surface area contributed by atoms with E-state index in [2.05, 4.69) is 29.6 Å². The maximum absolute atomic E-state index is 13.6. The molecule has 0 saturated carbocycles. The molecular weight excluding hydrogens is 698 g/mol. The number of alkyl carbamates (subject to hydrolysis) is 1. The normalized spacial score (nSPS) is 12.5. The number of amides is 1. The van der Waals surface area contributed by atoms with Crippen LogP contribution in [0, 0.1) is 0 Å². The van der Waals surface area contributed by atoms with Crippen LogP contribution in [-0.4, -0.2) is 63.2 Å². The Bertz CT molecular complexity index is 1950. The summed E-state index contributed by atoms with van der Waals surface area (Å²) >= 11 is 0. The Morgan fingerprint density at radius 3 is 1.75 bits per heavy atom. The van der Waals surface area contributed by atoms with Gasteiger partial charge in [-0.15, -0.1) is 0 Å². The zero-order valence-electron chi connectivity index (χ0n) is 30.9. The first kappa shape index (κ1) is 38.6. The van der Waals surface area contributed by atoms with Crippen molar-refractivity contribution in [2.45, 2.75) is 43.2 Å². The average Bonchev–Trinajstić information content (AvgIpc) is 3.55. The summed E-state index contributed by atoms with van der Waals surface area (Å²) in [6, 6.07) is 40.9. The fourth-order valence-corrected chi connectivity index (χ4v) is 7.10. The van der Waals surface area contributed by atoms with Crippen molar-refractivity contribution in [1.29, 1.82) is 0 Å². The molecule has 5 aromatic rings. The van der Waals surface area contributed by atoms with Gasteiger partial charge >= 0.3 is 18.0 Å². The second-order valence-electron chi connectivity index (χ2n) is 13.2. The first-order valence-electron chi connectivity index (χ1n) is 18.3. The summed E-state index contributed by atoms with van der Waals surface area (Å²) in [6.07, 6.45) is -0.389. The number of nitrogens with one attached hydrogen (secondary N) is 1. The fourth-order valence-electron chi connectivity index (χ4n) is 7.10. The van der Waals surface area contributed by atoms with E-state index in [9.17, 15) is 14.4 Å². The summed E-state index contributed by atoms with van der Waals surface area (Å²) in [4.78, 5) is 36.7. The predicted octanol–water partition coefficient (Wildman–Crippen LogP) is 8.11. The van der Waals surface area contributed by atoms with E-state index >= 15 is 0 Å². The molecule has 2 N–H and O–H groups in total. The largest absolute Gasteiger partial charge is 0.497 e. The molecule has 0 aromatic heterocycles. The van der Waals surface area contributed by atoms with Crippen LogP contribution in [0.1, 0.15) is 59.4 Å². The minimum Gasteiger partial charge on any atom is -0.497 e. The lowest BCUT2D eigenvalue weighted by atomic mass is 9.80. The number of carbonyl (C=O) groups excluding carboxylic acids is 2. The van der Waals surface area contributed by atoms with Crippen molar-refractivity contribution in [3.63, 3.8) is 0 Å². The Hall–Kier alpha value is -6.13. The van der Waals surface area contributed by atoms with Crippen LogP contribution in [0.2, 0.25) is 0 Å². The van der Waals surface area contributed by atoms with Crippen molar-refractivity contribution in [2.75, 3.05) is 34.0 Å². The smallest absolute Gasteiger partial charge is 0.407 e. The summed E-state index contributed by atoms with van der Waals surface area (Å²) in [5.74, 6) is -0.408. The first-order chi connectivity index (χ1) is 26.8. The third-order valence-corrected chi connectivity index (χ3v) is 9.84. The molecule has 1 atom stereocenters. The monoisotopic (exact) mass is 743 g/mol. The Morgan fingerprint density at radius 2 is 1.20 bits per heavy atom. The van der Waals surface area contributed by atoms with Crippen molar-refractivity contribution in [2.24, 2.45) is 0 Å². The zero-order valence-corrected chi connectivity index (χ0v) is 30.9. The van der Waals surface area contributed by atoms with Gasteiger partial charge in [0.25, 0.3) is 0 Å². The van der Waals surface area contributed by atoms with E-state index in [1.807, 2.05) is 103 Å². The first-order valence-corrected chi connectivity index (χ1v) is 18.3. The molecule has 1 amide bonds. The number of hydrogen-bond donors (Lipinski definition) is 2. The van der Waals surface area contributed by atoms with Gasteiger partial charge in [-0.2, -0.15) is 0 Å². The van der Waals surface area contributed by atoms with E-state index in [0.29, 0.717) is 24.3 Å². The van der Waals surface area contributed by atoms with Crippen LogP contribution >= 0.6 is 0 Å². The molecule has 5 aromatic carbocycles. The number of carboxylic acids is 1. The number of ether oxygens (including phenoxy) is 5. The number of esters is 1. The molecule has 1 aliphatic carbocycles. The predicted molar refractivity (Wildman–Crippen MR) is 207 cm³/mol. The van der Waals surface area contributed by atoms with Gasteiger partial charge < -0.3 is 34.1 Å². The lowest BCUT2D eigenvalue weighted by Gasteiger charge is -2.37. The van der Waals surface area contributed by atoms with Crippen molar-refractivity contribution in [3.05, 3.63) is 155 Å². The highest BCUT2D eigenvalue weighted by Gasteiger charge is 2.39. The molecule has 0 bridgehead atoms. The van der Waals surface area contributed by atoms with Crippen molar-refractivity contribution in [3.8, 4) is 22.6 Å². The van der Waals surface area contributed by atoms with Gasteiger partial charge in [0.2, 0.25) is 0 Å². The summed E-state index contributed by atoms with van der Waals surface area (Å²) in [7, 11) is 3.23. The molecule has 0 spiro atoms. The third kappa shape index (κ3) is 9.16. The summed E-state index contributed by atoms with van der Waals surface area (Å²) in [5, 5.41) is 12.0. The van der Waals surface area contributed by atoms with E-state index in [4.69, 9.17) is 28.8 Å². The molecule has 10 nitrogen and oxygen atoms in total. The number of carboxylic acid groups (broad SMARTS) is 1. The molecule has 1 aliphatic rings. The fraction of sp³-hybridized carbons (Fsp3) is 0.267. The van der Waals surface area contributed by atoms with Crippen molar-refractivity contribution in [1.82, 2.24) is 5.32 Å². The highest BCUT2D eigenvalue weighted by Crippen LogP contribution is 2.45. The van der Waals surface area contributed by atoms with Crippen LogP contribution in [0.5, 0.6) is 11.5 Å². The molecule has 0 radical (unpaired) electrons. The van der Waals surface area contributed by atoms with Gasteiger partial charge in [0.05, 0.1) is 46.3 Å². The van der Waals surface area contributed by atoms with Crippen LogP contribution < -0.4 is 14.8 Å². The van der Waals surface area contributed by atoms with Crippen LogP contribution in [0.3, 0.4) is 0 Å². The maximum Gasteiger partial charge on any atom is 0.407 e. The van der Waals surface area contributed by atoms with E-state index in [0.717, 1.165) is 38.9 Å². The molecule has 1 unspecified atom stereocenters. The van der Waals surface area contributed by atoms with Gasteiger partial charge in [0.15, 0.2) is 0 Å². The second-order valence-corrected chi connectivity index (χ2v) is 13.2. The molecule has 55 heavy (non-hydrogen) atoms. The number of hydrogen-bond acceptors (Lipinski definition) is 8. The van der Waals surface area contributed by atoms with Gasteiger partial charge in [-0.25, -0.2) is 4.79 Å². The summed E-state index contributed by atoms with van der Waals surface area (Å²) in [5.41, 5.74) is 5.85. The quantitative estimate of drug-likeness (QED) is 0.0520. The topological polar surface area (TPSA) is 130 Å². The lowest BCUT2D eigenvalue weighted by molar-refractivity contribution is -0.147. The maximum atomic E-state index is 13.6. The third-order valence-electron chi connectivity index (χ3n) is 9.84. The molecule has 0 saturated heterocycles. The van der Waals surface area contributed by atoms with Crippen molar-refractivity contribution >= 4 is 18.0 Å². The Labute approximate surface area is 321 Å². The number of aliphatic carboxylic acids is 1. The Morgan fingerprint density at radius 1 is 0.673 bits per heavy atom. The average molecular weight is 744 g/mol. The number of rotatable bonds is 18. The SMILES string of the molecule is COc1ccc(C(OCC(CCCOC(=O)CCC(=O)O)NC(=O)OCC2c3ccccc3-c3ccccc32)(c2ccccc2)c2ccc(OC)cc2)cc1. The molecular formula is C45H45NO9.